The average molecular weight is 410 g/mol. The zero-order chi connectivity index (χ0) is 21.4. The number of ether oxygens (including phenoxy) is 1. The molecular weight excluding hydrogens is 387 g/mol. The van der Waals surface area contributed by atoms with Crippen molar-refractivity contribution in [2.24, 2.45) is 0 Å². The van der Waals surface area contributed by atoms with Crippen LogP contribution in [-0.4, -0.2) is 50.0 Å². The van der Waals surface area contributed by atoms with Crippen LogP contribution in [0.25, 0.3) is 11.0 Å². The maximum absolute atomic E-state index is 14.7. The predicted octanol–water partition coefficient (Wildman–Crippen LogP) is 3.44. The molecule has 0 saturated carbocycles. The molecule has 0 fully saturated rings. The second kappa shape index (κ2) is 7.91. The quantitative estimate of drug-likeness (QED) is 0.623. The van der Waals surface area contributed by atoms with E-state index in [1.54, 1.807) is 36.4 Å². The first-order chi connectivity index (χ1) is 14.4. The first-order valence-corrected chi connectivity index (χ1v) is 9.77. The van der Waals surface area contributed by atoms with Gasteiger partial charge in [-0.05, 0) is 45.3 Å². The minimum atomic E-state index is -0.821. The minimum Gasteiger partial charge on any atom is -0.497 e. The van der Waals surface area contributed by atoms with E-state index in [0.29, 0.717) is 24.1 Å². The Morgan fingerprint density at radius 2 is 1.93 bits per heavy atom. The lowest BCUT2D eigenvalue weighted by Gasteiger charge is -2.26. The summed E-state index contributed by atoms with van der Waals surface area (Å²) in [6.07, 6.45) is 0.680. The van der Waals surface area contributed by atoms with E-state index < -0.39 is 17.8 Å². The van der Waals surface area contributed by atoms with Crippen LogP contribution in [0.1, 0.15) is 34.1 Å². The molecular formula is C23H23FN2O4. The van der Waals surface area contributed by atoms with Crippen LogP contribution < -0.4 is 10.2 Å². The van der Waals surface area contributed by atoms with Gasteiger partial charge in [-0.1, -0.05) is 18.2 Å². The fourth-order valence-corrected chi connectivity index (χ4v) is 3.93. The second-order valence-corrected chi connectivity index (χ2v) is 7.62. The fraction of sp³-hybridized carbons (Fsp3) is 0.304. The molecule has 1 amide bonds. The third-order valence-corrected chi connectivity index (χ3v) is 5.38. The third-order valence-electron chi connectivity index (χ3n) is 5.38. The van der Waals surface area contributed by atoms with Crippen LogP contribution in [0, 0.1) is 5.82 Å². The zero-order valence-electron chi connectivity index (χ0n) is 17.1. The van der Waals surface area contributed by atoms with Gasteiger partial charge in [-0.2, -0.15) is 0 Å². The Morgan fingerprint density at radius 3 is 2.63 bits per heavy atom. The number of hydrogen-bond acceptors (Lipinski definition) is 5. The monoisotopic (exact) mass is 410 g/mol. The molecule has 1 aliphatic rings. The molecule has 6 nitrogen and oxygen atoms in total. The topological polar surface area (TPSA) is 63.0 Å². The standard InChI is InChI=1S/C23H23FN2O4/c1-25(2)11-6-12-26-20(15-7-4-5-8-17(15)24)19-21(27)16-10-9-14(29-3)13-18(16)30-22(19)23(26)28/h4-5,7-10,13,20H,6,11-12H2,1-3H3. The Labute approximate surface area is 173 Å². The van der Waals surface area contributed by atoms with E-state index >= 15 is 0 Å². The van der Waals surface area contributed by atoms with Gasteiger partial charge in [0, 0.05) is 18.2 Å². The number of nitrogens with zero attached hydrogens (tertiary/aromatic N) is 2. The molecule has 0 N–H and O–H groups in total. The van der Waals surface area contributed by atoms with Crippen molar-refractivity contribution in [2.75, 3.05) is 34.3 Å². The lowest BCUT2D eigenvalue weighted by Crippen LogP contribution is -2.32. The van der Waals surface area contributed by atoms with Gasteiger partial charge in [0.15, 0.2) is 5.43 Å². The highest BCUT2D eigenvalue weighted by atomic mass is 19.1. The summed E-state index contributed by atoms with van der Waals surface area (Å²) in [5, 5.41) is 0.332. The zero-order valence-corrected chi connectivity index (χ0v) is 17.1. The van der Waals surface area contributed by atoms with Crippen LogP contribution in [0.15, 0.2) is 51.7 Å². The Balaban J connectivity index is 1.90. The summed E-state index contributed by atoms with van der Waals surface area (Å²) in [5.74, 6) is -0.378. The van der Waals surface area contributed by atoms with E-state index in [1.165, 1.54) is 18.1 Å². The molecule has 7 heteroatoms. The van der Waals surface area contributed by atoms with E-state index in [2.05, 4.69) is 0 Å². The Hall–Kier alpha value is -3.19. The minimum absolute atomic E-state index is 0.0288. The molecule has 1 atom stereocenters. The molecule has 1 aliphatic heterocycles. The number of rotatable bonds is 6. The Morgan fingerprint density at radius 1 is 1.17 bits per heavy atom. The maximum atomic E-state index is 14.7. The molecule has 1 aromatic heterocycles. The molecule has 3 aromatic rings. The Kier molecular flexibility index (Phi) is 5.30. The molecule has 0 saturated heterocycles. The molecule has 2 aromatic carbocycles. The van der Waals surface area contributed by atoms with Gasteiger partial charge in [-0.3, -0.25) is 9.59 Å². The number of fused-ring (bicyclic) bond motifs is 2. The average Bonchev–Trinajstić information content (AvgIpc) is 3.00. The third kappa shape index (κ3) is 3.35. The van der Waals surface area contributed by atoms with Gasteiger partial charge in [0.2, 0.25) is 5.76 Å². The lowest BCUT2D eigenvalue weighted by molar-refractivity contribution is 0.0720. The number of hydrogen-bond donors (Lipinski definition) is 0. The molecule has 0 spiro atoms. The van der Waals surface area contributed by atoms with Crippen molar-refractivity contribution < 1.29 is 18.3 Å². The van der Waals surface area contributed by atoms with Gasteiger partial charge in [-0.15, -0.1) is 0 Å². The summed E-state index contributed by atoms with van der Waals surface area (Å²) in [6.45, 7) is 1.13. The first-order valence-electron chi connectivity index (χ1n) is 9.77. The number of benzene rings is 2. The van der Waals surface area contributed by atoms with E-state index in [9.17, 15) is 14.0 Å². The molecule has 0 bridgehead atoms. The van der Waals surface area contributed by atoms with Crippen molar-refractivity contribution in [1.29, 1.82) is 0 Å². The highest BCUT2D eigenvalue weighted by Crippen LogP contribution is 2.39. The van der Waals surface area contributed by atoms with E-state index in [-0.39, 0.29) is 27.9 Å². The number of methoxy groups -OCH3 is 1. The number of carbonyl (C=O) groups excluding carboxylic acids is 1. The lowest BCUT2D eigenvalue weighted by atomic mass is 9.98. The number of halogens is 1. The van der Waals surface area contributed by atoms with Crippen molar-refractivity contribution in [1.82, 2.24) is 9.80 Å². The molecule has 30 heavy (non-hydrogen) atoms. The van der Waals surface area contributed by atoms with Gasteiger partial charge >= 0.3 is 0 Å². The highest BCUT2D eigenvalue weighted by Gasteiger charge is 2.43. The van der Waals surface area contributed by atoms with Crippen molar-refractivity contribution >= 4 is 16.9 Å². The summed E-state index contributed by atoms with van der Waals surface area (Å²) < 4.78 is 25.8. The normalized spacial score (nSPS) is 15.8. The van der Waals surface area contributed by atoms with Crippen LogP contribution in [0.5, 0.6) is 5.75 Å². The molecule has 156 valence electrons. The summed E-state index contributed by atoms with van der Waals surface area (Å²) in [6, 6.07) is 10.3. The van der Waals surface area contributed by atoms with E-state index in [1.807, 2.05) is 19.0 Å². The SMILES string of the molecule is COc1ccc2c(=O)c3c(oc2c1)C(=O)N(CCCN(C)C)C3c1ccccc1F. The fourth-order valence-electron chi connectivity index (χ4n) is 3.93. The van der Waals surface area contributed by atoms with Crippen molar-refractivity contribution in [3.05, 3.63) is 75.4 Å². The van der Waals surface area contributed by atoms with Gasteiger partial charge in [0.05, 0.1) is 24.1 Å². The summed E-state index contributed by atoms with van der Waals surface area (Å²) in [7, 11) is 5.40. The molecule has 0 radical (unpaired) electrons. The van der Waals surface area contributed by atoms with Gasteiger partial charge in [0.25, 0.3) is 5.91 Å². The van der Waals surface area contributed by atoms with Crippen molar-refractivity contribution in [2.45, 2.75) is 12.5 Å². The first kappa shape index (κ1) is 20.1. The predicted molar refractivity (Wildman–Crippen MR) is 111 cm³/mol. The number of carbonyl (C=O) groups is 1. The van der Waals surface area contributed by atoms with Crippen LogP contribution in [0.2, 0.25) is 0 Å². The Bertz CT molecular complexity index is 1170. The smallest absolute Gasteiger partial charge is 0.290 e. The van der Waals surface area contributed by atoms with Gasteiger partial charge in [0.1, 0.15) is 17.1 Å². The van der Waals surface area contributed by atoms with Crippen LogP contribution in [0.3, 0.4) is 0 Å². The van der Waals surface area contributed by atoms with Crippen LogP contribution in [-0.2, 0) is 0 Å². The molecule has 0 aliphatic carbocycles. The molecule has 4 rings (SSSR count). The summed E-state index contributed by atoms with van der Waals surface area (Å²) in [5.41, 5.74) is 0.418. The van der Waals surface area contributed by atoms with Crippen LogP contribution >= 0.6 is 0 Å². The van der Waals surface area contributed by atoms with E-state index in [4.69, 9.17) is 9.15 Å². The second-order valence-electron chi connectivity index (χ2n) is 7.62. The van der Waals surface area contributed by atoms with Crippen molar-refractivity contribution in [3.63, 3.8) is 0 Å². The molecule has 1 unspecified atom stereocenters. The highest BCUT2D eigenvalue weighted by molar-refractivity contribution is 5.99. The maximum Gasteiger partial charge on any atom is 0.290 e. The summed E-state index contributed by atoms with van der Waals surface area (Å²) in [4.78, 5) is 30.2. The molecule has 2 heterocycles. The van der Waals surface area contributed by atoms with Gasteiger partial charge in [-0.25, -0.2) is 4.39 Å². The van der Waals surface area contributed by atoms with Crippen molar-refractivity contribution in [3.8, 4) is 5.75 Å². The van der Waals surface area contributed by atoms with Crippen LogP contribution in [0.4, 0.5) is 4.39 Å². The largest absolute Gasteiger partial charge is 0.497 e. The van der Waals surface area contributed by atoms with E-state index in [0.717, 1.165) is 6.54 Å². The number of amides is 1. The van der Waals surface area contributed by atoms with Gasteiger partial charge < -0.3 is 19.0 Å². The summed E-state index contributed by atoms with van der Waals surface area (Å²) >= 11 is 0.